The number of oxazole rings is 1. The Kier molecular flexibility index (Phi) is 3.18. The lowest BCUT2D eigenvalue weighted by Gasteiger charge is -2.03. The Morgan fingerprint density at radius 2 is 2.24 bits per heavy atom. The van der Waals surface area contributed by atoms with Gasteiger partial charge in [0.1, 0.15) is 5.82 Å². The highest BCUT2D eigenvalue weighted by molar-refractivity contribution is 5.91. The van der Waals surface area contributed by atoms with Crippen molar-refractivity contribution in [1.82, 2.24) is 10.3 Å². The smallest absolute Gasteiger partial charge is 0.288 e. The lowest BCUT2D eigenvalue weighted by molar-refractivity contribution is 0.0921. The summed E-state index contributed by atoms with van der Waals surface area (Å²) in [7, 11) is 0. The summed E-state index contributed by atoms with van der Waals surface area (Å²) in [6, 6.07) is 6.27. The maximum atomic E-state index is 13.3. The quantitative estimate of drug-likeness (QED) is 0.884. The monoisotopic (exact) mass is 234 g/mol. The highest BCUT2D eigenvalue weighted by Crippen LogP contribution is 2.07. The van der Waals surface area contributed by atoms with Gasteiger partial charge in [-0.2, -0.15) is 0 Å². The molecule has 0 aliphatic rings. The summed E-state index contributed by atoms with van der Waals surface area (Å²) in [6.07, 6.45) is 1.34. The molecular formula is C12H11FN2O2. The number of amides is 1. The molecule has 1 N–H and O–H groups in total. The highest BCUT2D eigenvalue weighted by Gasteiger charge is 2.11. The number of hydrogen-bond acceptors (Lipinski definition) is 3. The third-order valence-corrected chi connectivity index (χ3v) is 2.24. The first-order valence-corrected chi connectivity index (χ1v) is 5.11. The zero-order valence-corrected chi connectivity index (χ0v) is 9.24. The number of halogens is 1. The van der Waals surface area contributed by atoms with Crippen LogP contribution in [0, 0.1) is 12.7 Å². The molecule has 17 heavy (non-hydrogen) atoms. The molecule has 0 aliphatic heterocycles. The fraction of sp³-hybridized carbons (Fsp3) is 0.167. The van der Waals surface area contributed by atoms with Crippen molar-refractivity contribution in [3.63, 3.8) is 0 Å². The van der Waals surface area contributed by atoms with Crippen molar-refractivity contribution < 1.29 is 13.6 Å². The first-order valence-electron chi connectivity index (χ1n) is 5.11. The lowest BCUT2D eigenvalue weighted by atomic mass is 10.2. The summed E-state index contributed by atoms with van der Waals surface area (Å²) >= 11 is 0. The predicted octanol–water partition coefficient (Wildman–Crippen LogP) is 2.05. The molecule has 0 bridgehead atoms. The van der Waals surface area contributed by atoms with E-state index >= 15 is 0 Å². The SMILES string of the molecule is Cc1ncc(C(=O)NCc2ccccc2F)o1. The number of aryl methyl sites for hydroxylation is 1. The molecule has 2 aromatic rings. The molecule has 0 saturated heterocycles. The second kappa shape index (κ2) is 4.78. The molecule has 0 aliphatic carbocycles. The molecule has 5 heteroatoms. The molecule has 1 aromatic carbocycles. The predicted molar refractivity (Wildman–Crippen MR) is 58.8 cm³/mol. The topological polar surface area (TPSA) is 55.1 Å². The molecule has 4 nitrogen and oxygen atoms in total. The van der Waals surface area contributed by atoms with Crippen LogP contribution in [0.2, 0.25) is 0 Å². The van der Waals surface area contributed by atoms with Crippen molar-refractivity contribution >= 4 is 5.91 Å². The molecule has 0 saturated carbocycles. The van der Waals surface area contributed by atoms with Gasteiger partial charge in [-0.1, -0.05) is 18.2 Å². The molecule has 88 valence electrons. The molecule has 0 atom stereocenters. The minimum atomic E-state index is -0.408. The fourth-order valence-corrected chi connectivity index (χ4v) is 1.37. The van der Waals surface area contributed by atoms with E-state index in [2.05, 4.69) is 10.3 Å². The van der Waals surface area contributed by atoms with E-state index < -0.39 is 5.91 Å². The fourth-order valence-electron chi connectivity index (χ4n) is 1.37. The van der Waals surface area contributed by atoms with Crippen LogP contribution in [0.3, 0.4) is 0 Å². The van der Waals surface area contributed by atoms with Gasteiger partial charge in [-0.3, -0.25) is 4.79 Å². The Balaban J connectivity index is 1.99. The first kappa shape index (κ1) is 11.3. The van der Waals surface area contributed by atoms with Crippen molar-refractivity contribution in [1.29, 1.82) is 0 Å². The Morgan fingerprint density at radius 3 is 2.88 bits per heavy atom. The van der Waals surface area contributed by atoms with E-state index in [0.717, 1.165) is 0 Å². The zero-order valence-electron chi connectivity index (χ0n) is 9.24. The average molecular weight is 234 g/mol. The summed E-state index contributed by atoms with van der Waals surface area (Å²) in [5.74, 6) is -0.213. The summed E-state index contributed by atoms with van der Waals surface area (Å²) < 4.78 is 18.3. The van der Waals surface area contributed by atoms with E-state index in [1.54, 1.807) is 25.1 Å². The molecule has 0 fully saturated rings. The van der Waals surface area contributed by atoms with Crippen LogP contribution in [0.5, 0.6) is 0 Å². The van der Waals surface area contributed by atoms with E-state index in [1.807, 2.05) is 0 Å². The molecule has 2 rings (SSSR count). The third-order valence-electron chi connectivity index (χ3n) is 2.24. The van der Waals surface area contributed by atoms with Crippen LogP contribution in [0.4, 0.5) is 4.39 Å². The Labute approximate surface area is 97.5 Å². The second-order valence-electron chi connectivity index (χ2n) is 3.52. The van der Waals surface area contributed by atoms with Crippen molar-refractivity contribution in [3.05, 3.63) is 53.5 Å². The van der Waals surface area contributed by atoms with Crippen LogP contribution < -0.4 is 5.32 Å². The van der Waals surface area contributed by atoms with Crippen molar-refractivity contribution in [3.8, 4) is 0 Å². The van der Waals surface area contributed by atoms with Gasteiger partial charge in [-0.25, -0.2) is 9.37 Å². The standard InChI is InChI=1S/C12H11FN2O2/c1-8-14-7-11(17-8)12(16)15-6-9-4-2-3-5-10(9)13/h2-5,7H,6H2,1H3,(H,15,16). The Morgan fingerprint density at radius 1 is 1.47 bits per heavy atom. The van der Waals surface area contributed by atoms with E-state index in [9.17, 15) is 9.18 Å². The summed E-state index contributed by atoms with van der Waals surface area (Å²) in [4.78, 5) is 15.4. The van der Waals surface area contributed by atoms with Crippen LogP contribution in [0.1, 0.15) is 22.0 Å². The van der Waals surface area contributed by atoms with Gasteiger partial charge in [-0.15, -0.1) is 0 Å². The largest absolute Gasteiger partial charge is 0.436 e. The molecular weight excluding hydrogens is 223 g/mol. The number of benzene rings is 1. The van der Waals surface area contributed by atoms with Crippen LogP contribution >= 0.6 is 0 Å². The molecule has 1 aromatic heterocycles. The summed E-state index contributed by atoms with van der Waals surface area (Å²) in [5, 5.41) is 2.56. The number of nitrogens with one attached hydrogen (secondary N) is 1. The Hall–Kier alpha value is -2.17. The molecule has 0 spiro atoms. The maximum absolute atomic E-state index is 13.3. The van der Waals surface area contributed by atoms with E-state index in [-0.39, 0.29) is 18.1 Å². The van der Waals surface area contributed by atoms with Gasteiger partial charge in [0.15, 0.2) is 5.89 Å². The number of carbonyl (C=O) groups excluding carboxylic acids is 1. The minimum absolute atomic E-state index is 0.116. The molecule has 1 amide bonds. The van der Waals surface area contributed by atoms with Crippen molar-refractivity contribution in [2.24, 2.45) is 0 Å². The number of nitrogens with zero attached hydrogens (tertiary/aromatic N) is 1. The molecule has 0 radical (unpaired) electrons. The number of rotatable bonds is 3. The minimum Gasteiger partial charge on any atom is -0.436 e. The number of aromatic nitrogens is 1. The van der Waals surface area contributed by atoms with Crippen LogP contribution in [-0.2, 0) is 6.54 Å². The van der Waals surface area contributed by atoms with E-state index in [4.69, 9.17) is 4.42 Å². The van der Waals surface area contributed by atoms with Gasteiger partial charge in [0.2, 0.25) is 5.76 Å². The molecule has 1 heterocycles. The molecule has 0 unspecified atom stereocenters. The van der Waals surface area contributed by atoms with Gasteiger partial charge >= 0.3 is 0 Å². The summed E-state index contributed by atoms with van der Waals surface area (Å²) in [6.45, 7) is 1.76. The van der Waals surface area contributed by atoms with Gasteiger partial charge < -0.3 is 9.73 Å². The second-order valence-corrected chi connectivity index (χ2v) is 3.52. The average Bonchev–Trinajstić information content (AvgIpc) is 2.74. The van der Waals surface area contributed by atoms with Gasteiger partial charge in [0, 0.05) is 19.0 Å². The first-order chi connectivity index (χ1) is 8.16. The van der Waals surface area contributed by atoms with Crippen LogP contribution in [-0.4, -0.2) is 10.9 Å². The Bertz CT molecular complexity index is 537. The highest BCUT2D eigenvalue weighted by atomic mass is 19.1. The van der Waals surface area contributed by atoms with E-state index in [1.165, 1.54) is 12.3 Å². The zero-order chi connectivity index (χ0) is 12.3. The van der Waals surface area contributed by atoms with Gasteiger partial charge in [-0.05, 0) is 6.07 Å². The third kappa shape index (κ3) is 2.69. The van der Waals surface area contributed by atoms with Gasteiger partial charge in [0.05, 0.1) is 6.20 Å². The van der Waals surface area contributed by atoms with Gasteiger partial charge in [0.25, 0.3) is 5.91 Å². The van der Waals surface area contributed by atoms with Crippen LogP contribution in [0.15, 0.2) is 34.9 Å². The van der Waals surface area contributed by atoms with Crippen molar-refractivity contribution in [2.75, 3.05) is 0 Å². The number of carbonyl (C=O) groups is 1. The normalized spacial score (nSPS) is 10.2. The van der Waals surface area contributed by atoms with E-state index in [0.29, 0.717) is 11.5 Å². The lowest BCUT2D eigenvalue weighted by Crippen LogP contribution is -2.22. The maximum Gasteiger partial charge on any atom is 0.288 e. The van der Waals surface area contributed by atoms with Crippen LogP contribution in [0.25, 0.3) is 0 Å². The summed E-state index contributed by atoms with van der Waals surface area (Å²) in [5.41, 5.74) is 0.428. The number of hydrogen-bond donors (Lipinski definition) is 1. The van der Waals surface area contributed by atoms with Crippen molar-refractivity contribution in [2.45, 2.75) is 13.5 Å².